The van der Waals surface area contributed by atoms with Crippen LogP contribution in [0.15, 0.2) is 102 Å². The zero-order chi connectivity index (χ0) is 71.2. The number of ether oxygens (including phenoxy) is 6. The number of anilines is 1. The minimum atomic E-state index is -6.30. The number of carboxylic acids is 1. The van der Waals surface area contributed by atoms with E-state index in [9.17, 15) is 67.1 Å². The minimum absolute atomic E-state index is 0.0440. The minimum Gasteiger partial charge on any atom is -0.790 e. The zero-order valence-electron chi connectivity index (χ0n) is 52.8. The molecule has 524 valence electrons. The fourth-order valence-corrected chi connectivity index (χ4v) is 12.6. The van der Waals surface area contributed by atoms with E-state index < -0.39 is 97.1 Å². The van der Waals surface area contributed by atoms with Crippen molar-refractivity contribution in [1.29, 1.82) is 0 Å². The van der Waals surface area contributed by atoms with Crippen molar-refractivity contribution in [2.75, 3.05) is 77.9 Å². The molecule has 2 aliphatic heterocycles. The summed E-state index contributed by atoms with van der Waals surface area (Å²) < 4.78 is 86.5. The smallest absolute Gasteiger partial charge is 0.336 e. The number of carbonyl (C=O) groups excluding carboxylic acids is 3. The third-order valence-electron chi connectivity index (χ3n) is 14.1. The lowest BCUT2D eigenvalue weighted by molar-refractivity contribution is -0.339. The molecule has 39 heteroatoms. The molecule has 3 aliphatic rings. The number of amides is 2. The molecule has 98 heavy (non-hydrogen) atoms. The molecule has 0 spiro atoms. The van der Waals surface area contributed by atoms with Gasteiger partial charge in [-0.25, -0.2) is 13.9 Å². The number of aromatic carboxylic acids is 1. The lowest BCUT2D eigenvalue weighted by atomic mass is 9.89. The first-order valence-electron chi connectivity index (χ1n) is 29.8. The highest BCUT2D eigenvalue weighted by molar-refractivity contribution is 7.64. The number of benzene rings is 4. The number of nitrogens with one attached hydrogen (secondary N) is 4. The molecule has 3 heterocycles. The number of aromatic nitrogens is 2. The van der Waals surface area contributed by atoms with Crippen molar-refractivity contribution in [3.05, 3.63) is 148 Å². The molecule has 5 N–H and O–H groups in total. The summed E-state index contributed by atoms with van der Waals surface area (Å²) in [6, 6.07) is 18.7. The summed E-state index contributed by atoms with van der Waals surface area (Å²) in [6.07, 6.45) is -3.57. The van der Waals surface area contributed by atoms with E-state index in [0.29, 0.717) is 59.7 Å². The summed E-state index contributed by atoms with van der Waals surface area (Å²) in [4.78, 5) is 134. The number of H-pyrrole nitrogens is 1. The number of azide groups is 2. The van der Waals surface area contributed by atoms with Crippen LogP contribution in [0.4, 0.5) is 5.69 Å². The van der Waals surface area contributed by atoms with Crippen LogP contribution in [0.1, 0.15) is 89.6 Å². The predicted octanol–water partition coefficient (Wildman–Crippen LogP) is 4.63. The normalized spacial score (nSPS) is 16.1. The fourth-order valence-electron chi connectivity index (χ4n) is 9.78. The number of hydrogen-bond acceptors (Lipinski definition) is 27. The number of Topliss-reactive ketones (excluding diaryl/α,β-unsaturated/α-hetero) is 1. The topological polar surface area (TPSA) is 529 Å². The average Bonchev–Trinajstić information content (AvgIpc) is 0.870. The molecule has 1 fully saturated rings. The van der Waals surface area contributed by atoms with Gasteiger partial charge in [0.05, 0.1) is 57.8 Å². The van der Waals surface area contributed by atoms with Crippen molar-refractivity contribution in [2.45, 2.75) is 84.5 Å². The number of rotatable bonds is 37. The van der Waals surface area contributed by atoms with Crippen molar-refractivity contribution in [3.63, 3.8) is 0 Å². The standard InChI is InChI=1S/C59H69N12O24P3/c1-5-62-46-27-48-44(23-35(46)3)55(45-24-36(4)47(63-6-2)28-49(45)92-48)43-26-41(16-17-42(43)58(76)77)87-20-10-14-39(72)13-9-19-65-56(74)37-11-7-15-40(25-37)89-33-53(68-70-61)88-22-21-86-32-52(73)64-18-8-12-38-30-71(59(78)67-57(38)75)54-29-50(90-34-66-69-60)51(93-54)31-91-97(82,83)95-98(84,85)94-96(79,80)81/h7,11,15-17,23-28,30,50-51,53-54,62H,5-6,9-10,13-14,18-22,29,31-34H2,1-4H3,(H,64,73)(H,65,74)(H,76,77)(H,82,83)(H,84,85)(H,67,75,78)(H2,79,80,81)/p-4. The number of ketones is 1. The van der Waals surface area contributed by atoms with Gasteiger partial charge in [0, 0.05) is 100 Å². The Hall–Kier alpha value is -9.06. The van der Waals surface area contributed by atoms with Gasteiger partial charge < -0.3 is 82.6 Å². The molecule has 3 aromatic carbocycles. The Bertz CT molecular complexity index is 4380. The van der Waals surface area contributed by atoms with Crippen LogP contribution >= 0.6 is 23.5 Å². The average molecular weight is 1420 g/mol. The van der Waals surface area contributed by atoms with E-state index >= 15 is 0 Å². The summed E-state index contributed by atoms with van der Waals surface area (Å²) in [5.74, 6) is 3.90. The van der Waals surface area contributed by atoms with Crippen molar-refractivity contribution in [3.8, 4) is 45.8 Å². The van der Waals surface area contributed by atoms with Crippen LogP contribution in [0.5, 0.6) is 11.5 Å². The van der Waals surface area contributed by atoms with Gasteiger partial charge in [-0.3, -0.25) is 47.2 Å². The van der Waals surface area contributed by atoms with E-state index in [1.807, 2.05) is 56.9 Å². The Balaban J connectivity index is 0.810. The summed E-state index contributed by atoms with van der Waals surface area (Å²) in [5, 5.41) is 27.2. The van der Waals surface area contributed by atoms with E-state index in [1.54, 1.807) is 30.3 Å². The summed E-state index contributed by atoms with van der Waals surface area (Å²) in [7, 11) is -18.6. The maximum absolute atomic E-state index is 13.1. The zero-order valence-corrected chi connectivity index (χ0v) is 55.5. The van der Waals surface area contributed by atoms with E-state index in [2.05, 4.69) is 66.0 Å². The molecule has 1 aromatic heterocycles. The van der Waals surface area contributed by atoms with Gasteiger partial charge in [0.15, 0.2) is 6.23 Å². The molecule has 1 aliphatic carbocycles. The Labute approximate surface area is 556 Å². The van der Waals surface area contributed by atoms with Gasteiger partial charge in [-0.05, 0) is 111 Å². The maximum atomic E-state index is 13.1. The molecular formula is C59H65N12O24P3-4. The Morgan fingerprint density at radius 3 is 2.40 bits per heavy atom. The lowest BCUT2D eigenvalue weighted by Gasteiger charge is -2.37. The number of carbonyl (C=O) groups is 4. The highest BCUT2D eigenvalue weighted by Crippen LogP contribution is 2.60. The fraction of sp³-hybridized carbons (Fsp3) is 0.407. The first kappa shape index (κ1) is 76.3. The number of aromatic amines is 1. The van der Waals surface area contributed by atoms with Crippen LogP contribution in [-0.2, 0) is 55.4 Å². The Kier molecular flexibility index (Phi) is 28.0. The van der Waals surface area contributed by atoms with E-state index in [1.165, 1.54) is 12.1 Å². The predicted molar refractivity (Wildman–Crippen MR) is 337 cm³/mol. The molecule has 7 rings (SSSR count). The third kappa shape index (κ3) is 22.8. The molecule has 6 unspecified atom stereocenters. The molecular weight excluding hydrogens is 1350 g/mol. The second kappa shape index (κ2) is 36.0. The van der Waals surface area contributed by atoms with Crippen molar-refractivity contribution in [2.24, 2.45) is 15.2 Å². The number of fused-ring (bicyclic) bond motifs is 2. The van der Waals surface area contributed by atoms with Crippen LogP contribution in [0.2, 0.25) is 0 Å². The summed E-state index contributed by atoms with van der Waals surface area (Å²) >= 11 is 0. The SMILES string of the molecule is CCN=c1cc2oc3cc(NCC)c(C)cc3c(-c3cc(OCCCC(=O)CCCNC(=O)c4cccc(OCC(N=[N+]=[N-])OCCOCC(=O)NCC#Cc5cn(C6CC(OCN=[N+]=[N-])C(COP(=O)([O-])OP(=O)([O-])OP(=O)([O-])[O-])O6)c(=O)[nH]c5=O)c4)ccc3C(=O)O)c-2cc1C. The highest BCUT2D eigenvalue weighted by atomic mass is 31.3. The molecule has 0 saturated carbocycles. The Morgan fingerprint density at radius 1 is 0.888 bits per heavy atom. The lowest BCUT2D eigenvalue weighted by Crippen LogP contribution is -2.34. The van der Waals surface area contributed by atoms with Crippen molar-refractivity contribution >= 4 is 63.7 Å². The monoisotopic (exact) mass is 1420 g/mol. The highest BCUT2D eigenvalue weighted by Gasteiger charge is 2.39. The first-order chi connectivity index (χ1) is 46.7. The Morgan fingerprint density at radius 2 is 1.66 bits per heavy atom. The van der Waals surface area contributed by atoms with Gasteiger partial charge in [0.25, 0.3) is 27.1 Å². The van der Waals surface area contributed by atoms with Crippen LogP contribution in [0.3, 0.4) is 0 Å². The maximum Gasteiger partial charge on any atom is 0.336 e. The molecule has 4 aromatic rings. The quantitative estimate of drug-likeness (QED) is 0.00675. The molecule has 36 nitrogen and oxygen atoms in total. The van der Waals surface area contributed by atoms with Gasteiger partial charge in [-0.2, -0.15) is 0 Å². The third-order valence-corrected chi connectivity index (χ3v) is 17.7. The molecule has 0 radical (unpaired) electrons. The van der Waals surface area contributed by atoms with Crippen LogP contribution in [0, 0.1) is 25.7 Å². The second-order valence-electron chi connectivity index (χ2n) is 21.1. The van der Waals surface area contributed by atoms with Gasteiger partial charge in [-0.15, -0.1) is 0 Å². The van der Waals surface area contributed by atoms with Crippen LogP contribution in [0.25, 0.3) is 54.3 Å². The molecule has 6 atom stereocenters. The second-order valence-corrected chi connectivity index (χ2v) is 25.3. The van der Waals surface area contributed by atoms with E-state index in [0.717, 1.165) is 38.3 Å². The van der Waals surface area contributed by atoms with Crippen LogP contribution in [-0.4, -0.2) is 129 Å². The largest absolute Gasteiger partial charge is 0.790 e. The number of nitrogens with zero attached hydrogens (tertiary/aromatic N) is 8. The number of phosphoric acid groups is 3. The van der Waals surface area contributed by atoms with Gasteiger partial charge in [0.2, 0.25) is 5.91 Å². The molecule has 1 saturated heterocycles. The van der Waals surface area contributed by atoms with Gasteiger partial charge in [-0.1, -0.05) is 28.1 Å². The number of hydrogen-bond donors (Lipinski definition) is 5. The van der Waals surface area contributed by atoms with E-state index in [4.69, 9.17) is 43.9 Å². The summed E-state index contributed by atoms with van der Waals surface area (Å²) in [6.45, 7) is 6.21. The van der Waals surface area contributed by atoms with Crippen LogP contribution < -0.4 is 61.6 Å². The van der Waals surface area contributed by atoms with E-state index in [-0.39, 0.29) is 87.0 Å². The molecule has 2 amide bonds. The van der Waals surface area contributed by atoms with Crippen molar-refractivity contribution in [1.82, 2.24) is 20.2 Å². The van der Waals surface area contributed by atoms with Gasteiger partial charge in [0.1, 0.15) is 66.5 Å². The summed E-state index contributed by atoms with van der Waals surface area (Å²) in [5.41, 5.74) is 20.8. The number of aryl methyl sites for hydroxylation is 2. The number of carboxylic acid groups (broad SMARTS) is 1. The number of phosphoric ester groups is 1. The van der Waals surface area contributed by atoms with Crippen molar-refractivity contribution < 1.29 is 104 Å². The molecule has 0 bridgehead atoms. The van der Waals surface area contributed by atoms with Gasteiger partial charge >= 0.3 is 11.7 Å². The first-order valence-corrected chi connectivity index (χ1v) is 34.2.